The molecule has 26 heavy (non-hydrogen) atoms. The van der Waals surface area contributed by atoms with Crippen molar-refractivity contribution in [3.05, 3.63) is 53.8 Å². The van der Waals surface area contributed by atoms with E-state index in [4.69, 9.17) is 26.8 Å². The maximum atomic E-state index is 6.21. The largest absolute Gasteiger partial charge is 0.497 e. The Labute approximate surface area is 156 Å². The number of rotatable bonds is 6. The highest BCUT2D eigenvalue weighted by Crippen LogP contribution is 2.34. The maximum absolute atomic E-state index is 6.21. The number of nitrogen functional groups attached to an aromatic ring is 1. The molecule has 0 saturated carbocycles. The standard InChI is InChI=1S/C18H18ClN5O2/c1-25-13-7-8-14(15(9-13)26-2)24-18-16(20)17(21-10-22-18)23-12-5-3-11(19)4-6-12/h3-10H,20H2,1-2H3,(H2,21,22,23,24). The van der Waals surface area contributed by atoms with Gasteiger partial charge in [-0.1, -0.05) is 11.6 Å². The third kappa shape index (κ3) is 3.89. The number of hydrogen-bond donors (Lipinski definition) is 3. The molecule has 0 fully saturated rings. The second kappa shape index (κ2) is 7.79. The molecule has 0 radical (unpaired) electrons. The number of anilines is 5. The Hall–Kier alpha value is -3.19. The van der Waals surface area contributed by atoms with E-state index < -0.39 is 0 Å². The number of methoxy groups -OCH3 is 2. The summed E-state index contributed by atoms with van der Waals surface area (Å²) in [7, 11) is 3.18. The van der Waals surface area contributed by atoms with Crippen LogP contribution in [0.25, 0.3) is 0 Å². The maximum Gasteiger partial charge on any atom is 0.159 e. The minimum atomic E-state index is 0.375. The number of halogens is 1. The zero-order chi connectivity index (χ0) is 18.5. The van der Waals surface area contributed by atoms with Crippen molar-refractivity contribution in [2.75, 3.05) is 30.6 Å². The summed E-state index contributed by atoms with van der Waals surface area (Å²) in [4.78, 5) is 8.41. The number of aromatic nitrogens is 2. The van der Waals surface area contributed by atoms with Gasteiger partial charge in [0.1, 0.15) is 23.5 Å². The molecule has 0 spiro atoms. The lowest BCUT2D eigenvalue weighted by atomic mass is 10.2. The first-order valence-corrected chi connectivity index (χ1v) is 8.10. The van der Waals surface area contributed by atoms with Crippen LogP contribution in [-0.2, 0) is 0 Å². The second-order valence-electron chi connectivity index (χ2n) is 5.31. The predicted molar refractivity (Wildman–Crippen MR) is 104 cm³/mol. The predicted octanol–water partition coefficient (Wildman–Crippen LogP) is 4.22. The van der Waals surface area contributed by atoms with Gasteiger partial charge in [-0.3, -0.25) is 0 Å². The molecule has 0 aliphatic rings. The average molecular weight is 372 g/mol. The molecule has 3 rings (SSSR count). The number of nitrogens with one attached hydrogen (secondary N) is 2. The summed E-state index contributed by atoms with van der Waals surface area (Å²) in [6.45, 7) is 0. The molecule has 1 aromatic heterocycles. The molecule has 134 valence electrons. The first-order chi connectivity index (χ1) is 12.6. The molecule has 0 aliphatic carbocycles. The van der Waals surface area contributed by atoms with Gasteiger partial charge in [-0.05, 0) is 36.4 Å². The van der Waals surface area contributed by atoms with Crippen LogP contribution in [-0.4, -0.2) is 24.2 Å². The third-order valence-corrected chi connectivity index (χ3v) is 3.90. The Balaban J connectivity index is 1.86. The molecule has 3 aromatic rings. The van der Waals surface area contributed by atoms with Crippen molar-refractivity contribution in [3.8, 4) is 11.5 Å². The van der Waals surface area contributed by atoms with Gasteiger partial charge in [-0.15, -0.1) is 0 Å². The Kier molecular flexibility index (Phi) is 5.28. The van der Waals surface area contributed by atoms with E-state index in [0.717, 1.165) is 5.69 Å². The molecule has 1 heterocycles. The third-order valence-electron chi connectivity index (χ3n) is 3.65. The van der Waals surface area contributed by atoms with E-state index in [2.05, 4.69) is 20.6 Å². The number of benzene rings is 2. The first-order valence-electron chi connectivity index (χ1n) is 7.73. The van der Waals surface area contributed by atoms with Crippen LogP contribution in [0, 0.1) is 0 Å². The van der Waals surface area contributed by atoms with E-state index in [0.29, 0.717) is 39.5 Å². The molecule has 0 unspecified atom stereocenters. The second-order valence-corrected chi connectivity index (χ2v) is 5.74. The summed E-state index contributed by atoms with van der Waals surface area (Å²) >= 11 is 5.90. The van der Waals surface area contributed by atoms with Crippen LogP contribution in [0.1, 0.15) is 0 Å². The van der Waals surface area contributed by atoms with E-state index in [1.54, 1.807) is 32.4 Å². The summed E-state index contributed by atoms with van der Waals surface area (Å²) in [5.74, 6) is 2.24. The zero-order valence-electron chi connectivity index (χ0n) is 14.3. The minimum absolute atomic E-state index is 0.375. The first kappa shape index (κ1) is 17.6. The Bertz CT molecular complexity index is 903. The minimum Gasteiger partial charge on any atom is -0.497 e. The van der Waals surface area contributed by atoms with Crippen molar-refractivity contribution in [1.29, 1.82) is 0 Å². The molecule has 0 amide bonds. The topological polar surface area (TPSA) is 94.3 Å². The molecule has 2 aromatic carbocycles. The summed E-state index contributed by atoms with van der Waals surface area (Å²) in [5, 5.41) is 6.96. The van der Waals surface area contributed by atoms with Gasteiger partial charge in [0.05, 0.1) is 19.9 Å². The average Bonchev–Trinajstić information content (AvgIpc) is 2.67. The molecular formula is C18H18ClN5O2. The molecular weight excluding hydrogens is 354 g/mol. The summed E-state index contributed by atoms with van der Waals surface area (Å²) in [5.41, 5.74) is 8.11. The summed E-state index contributed by atoms with van der Waals surface area (Å²) < 4.78 is 10.6. The van der Waals surface area contributed by atoms with Gasteiger partial charge in [-0.2, -0.15) is 0 Å². The summed E-state index contributed by atoms with van der Waals surface area (Å²) in [6.07, 6.45) is 1.42. The van der Waals surface area contributed by atoms with Gasteiger partial charge < -0.3 is 25.8 Å². The Morgan fingerprint density at radius 3 is 2.27 bits per heavy atom. The molecule has 0 saturated heterocycles. The van der Waals surface area contributed by atoms with Gasteiger partial charge in [0.2, 0.25) is 0 Å². The van der Waals surface area contributed by atoms with Gasteiger partial charge >= 0.3 is 0 Å². The number of hydrogen-bond acceptors (Lipinski definition) is 7. The number of ether oxygens (including phenoxy) is 2. The van der Waals surface area contributed by atoms with Crippen LogP contribution in [0.15, 0.2) is 48.8 Å². The smallest absolute Gasteiger partial charge is 0.159 e. The lowest BCUT2D eigenvalue weighted by Crippen LogP contribution is -2.05. The molecule has 7 nitrogen and oxygen atoms in total. The van der Waals surface area contributed by atoms with Crippen molar-refractivity contribution in [2.45, 2.75) is 0 Å². The fourth-order valence-electron chi connectivity index (χ4n) is 2.29. The summed E-state index contributed by atoms with van der Waals surface area (Å²) in [6, 6.07) is 12.6. The lowest BCUT2D eigenvalue weighted by molar-refractivity contribution is 0.395. The highest BCUT2D eigenvalue weighted by molar-refractivity contribution is 6.30. The molecule has 8 heteroatoms. The van der Waals surface area contributed by atoms with E-state index in [1.807, 2.05) is 24.3 Å². The molecule has 0 aliphatic heterocycles. The van der Waals surface area contributed by atoms with Crippen molar-refractivity contribution in [1.82, 2.24) is 9.97 Å². The fourth-order valence-corrected chi connectivity index (χ4v) is 2.42. The Morgan fingerprint density at radius 2 is 1.62 bits per heavy atom. The fraction of sp³-hybridized carbons (Fsp3) is 0.111. The molecule has 0 bridgehead atoms. The highest BCUT2D eigenvalue weighted by atomic mass is 35.5. The van der Waals surface area contributed by atoms with E-state index in [9.17, 15) is 0 Å². The normalized spacial score (nSPS) is 10.3. The zero-order valence-corrected chi connectivity index (χ0v) is 15.0. The van der Waals surface area contributed by atoms with Gasteiger partial charge in [0.25, 0.3) is 0 Å². The molecule has 0 atom stereocenters. The SMILES string of the molecule is COc1ccc(Nc2ncnc(Nc3ccc(Cl)cc3)c2N)c(OC)c1. The van der Waals surface area contributed by atoms with Crippen LogP contribution in [0.3, 0.4) is 0 Å². The van der Waals surface area contributed by atoms with Crippen LogP contribution in [0.4, 0.5) is 28.7 Å². The van der Waals surface area contributed by atoms with Crippen LogP contribution >= 0.6 is 11.6 Å². The van der Waals surface area contributed by atoms with Crippen LogP contribution < -0.4 is 25.8 Å². The van der Waals surface area contributed by atoms with Crippen LogP contribution in [0.5, 0.6) is 11.5 Å². The quantitative estimate of drug-likeness (QED) is 0.597. The van der Waals surface area contributed by atoms with Crippen molar-refractivity contribution >= 4 is 40.3 Å². The lowest BCUT2D eigenvalue weighted by Gasteiger charge is -2.15. The van der Waals surface area contributed by atoms with Crippen LogP contribution in [0.2, 0.25) is 5.02 Å². The van der Waals surface area contributed by atoms with Crippen molar-refractivity contribution in [3.63, 3.8) is 0 Å². The Morgan fingerprint density at radius 1 is 0.923 bits per heavy atom. The van der Waals surface area contributed by atoms with E-state index in [1.165, 1.54) is 6.33 Å². The van der Waals surface area contributed by atoms with Crippen molar-refractivity contribution in [2.24, 2.45) is 0 Å². The molecule has 4 N–H and O–H groups in total. The van der Waals surface area contributed by atoms with Gasteiger partial charge in [0.15, 0.2) is 11.6 Å². The number of nitrogens with zero attached hydrogens (tertiary/aromatic N) is 2. The van der Waals surface area contributed by atoms with Crippen molar-refractivity contribution < 1.29 is 9.47 Å². The van der Waals surface area contributed by atoms with E-state index in [-0.39, 0.29) is 0 Å². The number of nitrogens with two attached hydrogens (primary N) is 1. The highest BCUT2D eigenvalue weighted by Gasteiger charge is 2.12. The van der Waals surface area contributed by atoms with E-state index >= 15 is 0 Å². The van der Waals surface area contributed by atoms with Gasteiger partial charge in [0, 0.05) is 16.8 Å². The monoisotopic (exact) mass is 371 g/mol. The van der Waals surface area contributed by atoms with Gasteiger partial charge in [-0.25, -0.2) is 9.97 Å².